The zero-order chi connectivity index (χ0) is 10.8. The van der Waals surface area contributed by atoms with Crippen molar-refractivity contribution in [2.45, 2.75) is 25.7 Å². The second-order valence-corrected chi connectivity index (χ2v) is 4.24. The average Bonchev–Trinajstić information content (AvgIpc) is 2.17. The number of hydrogen-bond acceptors (Lipinski definition) is 4. The summed E-state index contributed by atoms with van der Waals surface area (Å²) in [5, 5.41) is 3.83. The Morgan fingerprint density at radius 2 is 2.00 bits per heavy atom. The Labute approximate surface area is 94.2 Å². The van der Waals surface area contributed by atoms with Gasteiger partial charge in [0.25, 0.3) is 0 Å². The van der Waals surface area contributed by atoms with Gasteiger partial charge < -0.3 is 11.1 Å². The van der Waals surface area contributed by atoms with Gasteiger partial charge in [0.15, 0.2) is 0 Å². The van der Waals surface area contributed by atoms with Crippen molar-refractivity contribution in [2.24, 2.45) is 0 Å². The van der Waals surface area contributed by atoms with Crippen molar-refractivity contribution in [3.8, 4) is 0 Å². The Balaban J connectivity index is 2.33. The van der Waals surface area contributed by atoms with Crippen molar-refractivity contribution in [3.63, 3.8) is 0 Å². The number of rotatable bonds is 1. The molecule has 0 unspecified atom stereocenters. The van der Waals surface area contributed by atoms with Crippen molar-refractivity contribution >= 4 is 17.4 Å². The smallest absolute Gasteiger partial charge is 0.138 e. The molecule has 2 rings (SSSR count). The normalized spacial score (nSPS) is 18.0. The van der Waals surface area contributed by atoms with Gasteiger partial charge >= 0.3 is 0 Å². The van der Waals surface area contributed by atoms with Gasteiger partial charge in [-0.15, -0.1) is 0 Å². The first-order chi connectivity index (χ1) is 7.18. The molecular formula is C10H15ClN4. The maximum Gasteiger partial charge on any atom is 0.138 e. The van der Waals surface area contributed by atoms with Gasteiger partial charge in [0.2, 0.25) is 0 Å². The predicted octanol–water partition coefficient (Wildman–Crippen LogP) is 1.49. The molecule has 15 heavy (non-hydrogen) atoms. The van der Waals surface area contributed by atoms with E-state index in [4.69, 9.17) is 17.3 Å². The molecule has 1 saturated heterocycles. The van der Waals surface area contributed by atoms with Crippen molar-refractivity contribution in [2.75, 3.05) is 18.8 Å². The molecule has 82 valence electrons. The molecule has 0 atom stereocenters. The number of aryl methyl sites for hydroxylation is 1. The standard InChI is InChI=1S/C10H15ClN4/c1-6-14-9(11)8(10(12)15-6)7-2-4-13-5-3-7/h7,13H,2-5H2,1H3,(H2,12,14,15). The summed E-state index contributed by atoms with van der Waals surface area (Å²) in [5.74, 6) is 1.58. The van der Waals surface area contributed by atoms with E-state index in [9.17, 15) is 0 Å². The Morgan fingerprint density at radius 1 is 1.33 bits per heavy atom. The van der Waals surface area contributed by atoms with E-state index in [1.807, 2.05) is 0 Å². The van der Waals surface area contributed by atoms with E-state index in [1.165, 1.54) is 0 Å². The Kier molecular flexibility index (Phi) is 3.07. The second kappa shape index (κ2) is 4.33. The molecule has 1 aliphatic heterocycles. The van der Waals surface area contributed by atoms with Crippen LogP contribution in [0.1, 0.15) is 30.1 Å². The second-order valence-electron chi connectivity index (χ2n) is 3.88. The number of halogens is 1. The number of aromatic nitrogens is 2. The van der Waals surface area contributed by atoms with Crippen LogP contribution >= 0.6 is 11.6 Å². The van der Waals surface area contributed by atoms with E-state index in [-0.39, 0.29) is 0 Å². The molecule has 0 spiro atoms. The van der Waals surface area contributed by atoms with Crippen LogP contribution in [0.15, 0.2) is 0 Å². The molecule has 0 aliphatic carbocycles. The van der Waals surface area contributed by atoms with Crippen molar-refractivity contribution < 1.29 is 0 Å². The lowest BCUT2D eigenvalue weighted by Gasteiger charge is -2.24. The third kappa shape index (κ3) is 2.21. The number of nitrogens with two attached hydrogens (primary N) is 1. The molecule has 2 heterocycles. The molecule has 0 bridgehead atoms. The number of anilines is 1. The van der Waals surface area contributed by atoms with E-state index in [0.717, 1.165) is 31.5 Å². The highest BCUT2D eigenvalue weighted by Crippen LogP contribution is 2.33. The highest BCUT2D eigenvalue weighted by atomic mass is 35.5. The van der Waals surface area contributed by atoms with Crippen LogP contribution in [0.25, 0.3) is 0 Å². The first-order valence-electron chi connectivity index (χ1n) is 5.18. The van der Waals surface area contributed by atoms with Gasteiger partial charge in [0.05, 0.1) is 0 Å². The molecule has 1 aromatic heterocycles. The minimum Gasteiger partial charge on any atom is -0.383 e. The predicted molar refractivity (Wildman–Crippen MR) is 61.0 cm³/mol. The van der Waals surface area contributed by atoms with E-state index in [2.05, 4.69) is 15.3 Å². The molecule has 1 aliphatic rings. The highest BCUT2D eigenvalue weighted by Gasteiger charge is 2.22. The molecule has 1 aromatic rings. The van der Waals surface area contributed by atoms with Gasteiger partial charge in [-0.25, -0.2) is 9.97 Å². The zero-order valence-electron chi connectivity index (χ0n) is 8.76. The number of nitrogens with one attached hydrogen (secondary N) is 1. The lowest BCUT2D eigenvalue weighted by Crippen LogP contribution is -2.27. The molecule has 0 radical (unpaired) electrons. The summed E-state index contributed by atoms with van der Waals surface area (Å²) in [6.07, 6.45) is 2.10. The summed E-state index contributed by atoms with van der Waals surface area (Å²) < 4.78 is 0. The number of piperidine rings is 1. The Bertz CT molecular complexity index is 337. The van der Waals surface area contributed by atoms with E-state index in [0.29, 0.717) is 22.7 Å². The third-order valence-electron chi connectivity index (χ3n) is 2.79. The van der Waals surface area contributed by atoms with Gasteiger partial charge in [-0.1, -0.05) is 11.6 Å². The number of nitrogens with zero attached hydrogens (tertiary/aromatic N) is 2. The number of nitrogen functional groups attached to an aromatic ring is 1. The van der Waals surface area contributed by atoms with Crippen LogP contribution < -0.4 is 11.1 Å². The van der Waals surface area contributed by atoms with Crippen LogP contribution in [0.2, 0.25) is 5.15 Å². The summed E-state index contributed by atoms with van der Waals surface area (Å²) in [5.41, 5.74) is 6.83. The van der Waals surface area contributed by atoms with Gasteiger partial charge in [0.1, 0.15) is 16.8 Å². The van der Waals surface area contributed by atoms with Crippen LogP contribution in [0, 0.1) is 6.92 Å². The first kappa shape index (κ1) is 10.6. The lowest BCUT2D eigenvalue weighted by molar-refractivity contribution is 0.459. The molecular weight excluding hydrogens is 212 g/mol. The summed E-state index contributed by atoms with van der Waals surface area (Å²) in [4.78, 5) is 8.33. The van der Waals surface area contributed by atoms with E-state index >= 15 is 0 Å². The summed E-state index contributed by atoms with van der Waals surface area (Å²) in [6.45, 7) is 3.82. The Hall–Kier alpha value is -0.870. The molecule has 4 nitrogen and oxygen atoms in total. The molecule has 3 N–H and O–H groups in total. The van der Waals surface area contributed by atoms with Crippen molar-refractivity contribution in [1.29, 1.82) is 0 Å². The van der Waals surface area contributed by atoms with Crippen LogP contribution in [0.3, 0.4) is 0 Å². The SMILES string of the molecule is Cc1nc(N)c(C2CCNCC2)c(Cl)n1. The first-order valence-corrected chi connectivity index (χ1v) is 5.56. The fraction of sp³-hybridized carbons (Fsp3) is 0.600. The fourth-order valence-corrected chi connectivity index (χ4v) is 2.43. The topological polar surface area (TPSA) is 63.8 Å². The van der Waals surface area contributed by atoms with E-state index in [1.54, 1.807) is 6.92 Å². The van der Waals surface area contributed by atoms with Crippen LogP contribution in [-0.2, 0) is 0 Å². The van der Waals surface area contributed by atoms with Gasteiger partial charge in [-0.05, 0) is 38.8 Å². The van der Waals surface area contributed by atoms with Gasteiger partial charge in [-0.2, -0.15) is 0 Å². The molecule has 0 amide bonds. The molecule has 1 fully saturated rings. The quantitative estimate of drug-likeness (QED) is 0.713. The Morgan fingerprint density at radius 3 is 2.60 bits per heavy atom. The molecule has 0 aromatic carbocycles. The molecule has 5 heteroatoms. The van der Waals surface area contributed by atoms with E-state index < -0.39 is 0 Å². The summed E-state index contributed by atoms with van der Waals surface area (Å²) in [6, 6.07) is 0. The highest BCUT2D eigenvalue weighted by molar-refractivity contribution is 6.30. The fourth-order valence-electron chi connectivity index (χ4n) is 2.06. The summed E-state index contributed by atoms with van der Waals surface area (Å²) in [7, 11) is 0. The van der Waals surface area contributed by atoms with Gasteiger partial charge in [-0.3, -0.25) is 0 Å². The minimum atomic E-state index is 0.402. The zero-order valence-corrected chi connectivity index (χ0v) is 9.51. The van der Waals surface area contributed by atoms with Crippen molar-refractivity contribution in [3.05, 3.63) is 16.5 Å². The molecule has 0 saturated carbocycles. The third-order valence-corrected chi connectivity index (χ3v) is 3.08. The maximum absolute atomic E-state index is 6.12. The lowest BCUT2D eigenvalue weighted by atomic mass is 9.91. The van der Waals surface area contributed by atoms with Gasteiger partial charge in [0, 0.05) is 5.56 Å². The van der Waals surface area contributed by atoms with Crippen LogP contribution in [-0.4, -0.2) is 23.1 Å². The van der Waals surface area contributed by atoms with Crippen molar-refractivity contribution in [1.82, 2.24) is 15.3 Å². The average molecular weight is 227 g/mol. The largest absolute Gasteiger partial charge is 0.383 e. The summed E-state index contributed by atoms with van der Waals surface area (Å²) >= 11 is 6.12. The van der Waals surface area contributed by atoms with Crippen LogP contribution in [0.4, 0.5) is 5.82 Å². The maximum atomic E-state index is 6.12. The number of hydrogen-bond donors (Lipinski definition) is 2. The monoisotopic (exact) mass is 226 g/mol. The van der Waals surface area contributed by atoms with Crippen LogP contribution in [0.5, 0.6) is 0 Å². The minimum absolute atomic E-state index is 0.402.